The largest absolute Gasteiger partial charge is 0.481 e. The summed E-state index contributed by atoms with van der Waals surface area (Å²) < 4.78 is 7.53. The summed E-state index contributed by atoms with van der Waals surface area (Å²) in [5, 5.41) is 12.0. The number of hydrogen-bond acceptors (Lipinski definition) is 5. The van der Waals surface area contributed by atoms with Gasteiger partial charge < -0.3 is 10.4 Å². The molecule has 104 valence electrons. The van der Waals surface area contributed by atoms with Crippen LogP contribution in [0, 0.1) is 0 Å². The van der Waals surface area contributed by atoms with Crippen molar-refractivity contribution in [2.75, 3.05) is 0 Å². The Morgan fingerprint density at radius 1 is 1.40 bits per heavy atom. The molecule has 6 nitrogen and oxygen atoms in total. The summed E-state index contributed by atoms with van der Waals surface area (Å²) in [6.07, 6.45) is 1.05. The molecule has 0 spiro atoms. The van der Waals surface area contributed by atoms with Gasteiger partial charge in [-0.05, 0) is 11.6 Å². The third kappa shape index (κ3) is 3.52. The minimum Gasteiger partial charge on any atom is -0.481 e. The topological polar surface area (TPSA) is 92.2 Å². The molecule has 2 rings (SSSR count). The van der Waals surface area contributed by atoms with Gasteiger partial charge in [-0.25, -0.2) is 0 Å². The highest BCUT2D eigenvalue weighted by Crippen LogP contribution is 2.25. The van der Waals surface area contributed by atoms with Gasteiger partial charge in [-0.2, -0.15) is 8.75 Å². The zero-order valence-corrected chi connectivity index (χ0v) is 11.7. The molecule has 0 aliphatic rings. The average Bonchev–Trinajstić information content (AvgIpc) is 2.92. The van der Waals surface area contributed by atoms with Crippen LogP contribution >= 0.6 is 23.3 Å². The number of carbonyl (C=O) groups excluding carboxylic acids is 1. The van der Waals surface area contributed by atoms with Gasteiger partial charge in [0.25, 0.3) is 5.91 Å². The molecular weight excluding hydrogens is 302 g/mol. The molecule has 0 fully saturated rings. The molecule has 20 heavy (non-hydrogen) atoms. The van der Waals surface area contributed by atoms with E-state index in [1.807, 2.05) is 0 Å². The number of halogens is 1. The minimum atomic E-state index is -1.04. The van der Waals surface area contributed by atoms with Crippen LogP contribution in [0.3, 0.4) is 0 Å². The zero-order chi connectivity index (χ0) is 14.5. The maximum Gasteiger partial charge on any atom is 0.305 e. The first-order valence-corrected chi connectivity index (χ1v) is 6.73. The van der Waals surface area contributed by atoms with Gasteiger partial charge in [0, 0.05) is 5.02 Å². The summed E-state index contributed by atoms with van der Waals surface area (Å²) in [7, 11) is 0. The van der Waals surface area contributed by atoms with E-state index >= 15 is 0 Å². The van der Waals surface area contributed by atoms with Crippen LogP contribution in [0.1, 0.15) is 28.5 Å². The normalized spacial score (nSPS) is 11.8. The number of rotatable bonds is 5. The van der Waals surface area contributed by atoms with Crippen molar-refractivity contribution in [1.29, 1.82) is 0 Å². The summed E-state index contributed by atoms with van der Waals surface area (Å²) in [6.45, 7) is 0. The van der Waals surface area contributed by atoms with Crippen LogP contribution in [-0.4, -0.2) is 25.7 Å². The fraction of sp³-hybridized carbons (Fsp3) is 0.167. The molecule has 1 amide bonds. The van der Waals surface area contributed by atoms with Crippen LogP contribution in [0.5, 0.6) is 0 Å². The molecule has 1 aromatic heterocycles. The van der Waals surface area contributed by atoms with Gasteiger partial charge in [0.05, 0.1) is 30.4 Å². The third-order valence-electron chi connectivity index (χ3n) is 2.56. The molecule has 1 atom stereocenters. The fourth-order valence-electron chi connectivity index (χ4n) is 1.67. The summed E-state index contributed by atoms with van der Waals surface area (Å²) in [4.78, 5) is 22.9. The lowest BCUT2D eigenvalue weighted by Crippen LogP contribution is -2.30. The van der Waals surface area contributed by atoms with Crippen LogP contribution in [0.25, 0.3) is 0 Å². The summed E-state index contributed by atoms with van der Waals surface area (Å²) in [5.74, 6) is -1.52. The summed E-state index contributed by atoms with van der Waals surface area (Å²) in [5.41, 5.74) is 0.700. The lowest BCUT2D eigenvalue weighted by molar-refractivity contribution is -0.137. The highest BCUT2D eigenvalue weighted by atomic mass is 35.5. The smallest absolute Gasteiger partial charge is 0.305 e. The Hall–Kier alpha value is -1.99. The van der Waals surface area contributed by atoms with Crippen LogP contribution in [0.4, 0.5) is 0 Å². The number of benzene rings is 1. The van der Waals surface area contributed by atoms with E-state index in [2.05, 4.69) is 14.1 Å². The Morgan fingerprint density at radius 3 is 2.75 bits per heavy atom. The van der Waals surface area contributed by atoms with Gasteiger partial charge in [0.15, 0.2) is 5.69 Å². The van der Waals surface area contributed by atoms with E-state index in [0.717, 1.165) is 11.7 Å². The number of carbonyl (C=O) groups is 2. The van der Waals surface area contributed by atoms with Gasteiger partial charge >= 0.3 is 5.97 Å². The van der Waals surface area contributed by atoms with Crippen molar-refractivity contribution in [3.63, 3.8) is 0 Å². The summed E-state index contributed by atoms with van der Waals surface area (Å²) in [6, 6.07) is 6.05. The quantitative estimate of drug-likeness (QED) is 0.882. The van der Waals surface area contributed by atoms with Gasteiger partial charge in [0.1, 0.15) is 0 Å². The first-order chi connectivity index (χ1) is 9.58. The maximum absolute atomic E-state index is 11.9. The van der Waals surface area contributed by atoms with Gasteiger partial charge in [-0.15, -0.1) is 0 Å². The van der Waals surface area contributed by atoms with E-state index in [9.17, 15) is 9.59 Å². The molecule has 8 heteroatoms. The average molecular weight is 312 g/mol. The number of nitrogens with one attached hydrogen (secondary N) is 1. The van der Waals surface area contributed by atoms with Crippen LogP contribution in [-0.2, 0) is 4.79 Å². The second-order valence-corrected chi connectivity index (χ2v) is 4.90. The second-order valence-electron chi connectivity index (χ2n) is 3.94. The van der Waals surface area contributed by atoms with E-state index < -0.39 is 17.9 Å². The Morgan fingerprint density at radius 2 is 2.15 bits per heavy atom. The van der Waals surface area contributed by atoms with Gasteiger partial charge in [0.2, 0.25) is 0 Å². The highest BCUT2D eigenvalue weighted by molar-refractivity contribution is 6.99. The summed E-state index contributed by atoms with van der Waals surface area (Å²) >= 11 is 6.95. The van der Waals surface area contributed by atoms with Crippen molar-refractivity contribution in [3.8, 4) is 0 Å². The van der Waals surface area contributed by atoms with Gasteiger partial charge in [-0.1, -0.05) is 29.8 Å². The Bertz CT molecular complexity index is 618. The molecule has 0 radical (unpaired) electrons. The number of aliphatic carboxylic acids is 1. The van der Waals surface area contributed by atoms with E-state index in [1.54, 1.807) is 24.3 Å². The van der Waals surface area contributed by atoms with E-state index in [0.29, 0.717) is 10.6 Å². The zero-order valence-electron chi connectivity index (χ0n) is 10.1. The van der Waals surface area contributed by atoms with E-state index in [-0.39, 0.29) is 12.1 Å². The molecule has 0 bridgehead atoms. The molecule has 0 aliphatic heterocycles. The van der Waals surface area contributed by atoms with E-state index in [4.69, 9.17) is 16.7 Å². The molecule has 0 saturated carbocycles. The van der Waals surface area contributed by atoms with E-state index in [1.165, 1.54) is 6.20 Å². The van der Waals surface area contributed by atoms with Crippen LogP contribution in [0.2, 0.25) is 5.02 Å². The molecule has 0 aliphatic carbocycles. The van der Waals surface area contributed by atoms with Crippen molar-refractivity contribution >= 4 is 35.2 Å². The molecule has 2 aromatic rings. The first kappa shape index (κ1) is 14.4. The molecular formula is C12H10ClN3O3S. The van der Waals surface area contributed by atoms with Gasteiger partial charge in [-0.3, -0.25) is 9.59 Å². The highest BCUT2D eigenvalue weighted by Gasteiger charge is 2.21. The fourth-order valence-corrected chi connectivity index (χ4v) is 2.35. The minimum absolute atomic E-state index is 0.150. The third-order valence-corrected chi connectivity index (χ3v) is 3.38. The Balaban J connectivity index is 2.22. The number of aromatic nitrogens is 2. The standard InChI is InChI=1S/C12H10ClN3O3S/c13-8-4-2-1-3-7(8)9(5-11(17)18)15-12(19)10-6-14-20-16-10/h1-4,6,9H,5H2,(H,15,19)(H,17,18). The molecule has 1 aromatic carbocycles. The monoisotopic (exact) mass is 311 g/mol. The Labute approximate surface area is 123 Å². The predicted molar refractivity (Wildman–Crippen MR) is 73.8 cm³/mol. The lowest BCUT2D eigenvalue weighted by atomic mass is 10.0. The lowest BCUT2D eigenvalue weighted by Gasteiger charge is -2.17. The molecule has 1 unspecified atom stereocenters. The van der Waals surface area contributed by atoms with Crippen LogP contribution in [0.15, 0.2) is 30.5 Å². The Kier molecular flexibility index (Phi) is 4.65. The first-order valence-electron chi connectivity index (χ1n) is 5.62. The van der Waals surface area contributed by atoms with Crippen molar-refractivity contribution in [3.05, 3.63) is 46.7 Å². The number of carboxylic acid groups (broad SMARTS) is 1. The van der Waals surface area contributed by atoms with Crippen LogP contribution < -0.4 is 5.32 Å². The molecule has 2 N–H and O–H groups in total. The van der Waals surface area contributed by atoms with Crippen molar-refractivity contribution in [1.82, 2.24) is 14.1 Å². The molecule has 1 heterocycles. The van der Waals surface area contributed by atoms with Crippen molar-refractivity contribution < 1.29 is 14.7 Å². The number of amides is 1. The number of nitrogens with zero attached hydrogens (tertiary/aromatic N) is 2. The SMILES string of the molecule is O=C(O)CC(NC(=O)c1cnsn1)c1ccccc1Cl. The maximum atomic E-state index is 11.9. The second kappa shape index (κ2) is 6.44. The van der Waals surface area contributed by atoms with Crippen molar-refractivity contribution in [2.45, 2.75) is 12.5 Å². The molecule has 0 saturated heterocycles. The predicted octanol–water partition coefficient (Wildman–Crippen LogP) is 2.14. The van der Waals surface area contributed by atoms with Crippen molar-refractivity contribution in [2.24, 2.45) is 0 Å². The number of carboxylic acids is 1. The number of hydrogen-bond donors (Lipinski definition) is 2.